The van der Waals surface area contributed by atoms with Crippen molar-refractivity contribution in [1.82, 2.24) is 0 Å². The number of phenols is 1. The molecule has 0 heterocycles. The number of rotatable bonds is 4. The molecule has 8 heteroatoms. The molecule has 0 unspecified atom stereocenters. The van der Waals surface area contributed by atoms with Gasteiger partial charge in [0, 0.05) is 25.3 Å². The van der Waals surface area contributed by atoms with Gasteiger partial charge in [-0.3, -0.25) is 4.79 Å². The van der Waals surface area contributed by atoms with Gasteiger partial charge in [0.2, 0.25) is 0 Å². The monoisotopic (exact) mass is 579 g/mol. The second-order valence-electron chi connectivity index (χ2n) is 6.57. The van der Waals surface area contributed by atoms with Gasteiger partial charge in [0.15, 0.2) is 5.75 Å². The lowest BCUT2D eigenvalue weighted by Gasteiger charge is -2.15. The van der Waals surface area contributed by atoms with Crippen molar-refractivity contribution < 1.29 is 14.6 Å². The number of amides is 1. The number of phenolic OH excluding ortho intramolecular Hbond substituents is 1. The van der Waals surface area contributed by atoms with E-state index in [1.807, 2.05) is 24.3 Å². The molecule has 0 bridgehead atoms. The van der Waals surface area contributed by atoms with Crippen LogP contribution in [0.4, 0.5) is 5.69 Å². The molecule has 1 amide bonds. The van der Waals surface area contributed by atoms with Crippen LogP contribution in [0.25, 0.3) is 10.8 Å². The van der Waals surface area contributed by atoms with E-state index in [4.69, 9.17) is 27.9 Å². The molecule has 0 radical (unpaired) electrons. The van der Waals surface area contributed by atoms with E-state index < -0.39 is 5.91 Å². The Morgan fingerprint density at radius 2 is 1.61 bits per heavy atom. The zero-order valence-corrected chi connectivity index (χ0v) is 20.3. The minimum absolute atomic E-state index is 0.0871. The van der Waals surface area contributed by atoms with Gasteiger partial charge >= 0.3 is 0 Å². The Kier molecular flexibility index (Phi) is 6.44. The summed E-state index contributed by atoms with van der Waals surface area (Å²) in [6.07, 6.45) is 0. The molecule has 0 aromatic heterocycles. The second-order valence-corrected chi connectivity index (χ2v) is 9.19. The van der Waals surface area contributed by atoms with Crippen LogP contribution in [0, 0.1) is 0 Å². The minimum Gasteiger partial charge on any atom is -0.506 e. The van der Waals surface area contributed by atoms with Gasteiger partial charge in [-0.25, -0.2) is 0 Å². The van der Waals surface area contributed by atoms with E-state index >= 15 is 0 Å². The lowest BCUT2D eigenvalue weighted by atomic mass is 10.1. The van der Waals surface area contributed by atoms with E-state index in [1.165, 1.54) is 6.07 Å². The first-order valence-corrected chi connectivity index (χ1v) is 11.3. The van der Waals surface area contributed by atoms with E-state index in [2.05, 4.69) is 37.2 Å². The molecule has 0 aliphatic heterocycles. The summed E-state index contributed by atoms with van der Waals surface area (Å²) >= 11 is 19.0. The zero-order chi connectivity index (χ0) is 22.1. The number of ether oxygens (including phenoxy) is 1. The first kappa shape index (κ1) is 22.0. The van der Waals surface area contributed by atoms with Crippen molar-refractivity contribution in [1.29, 1.82) is 0 Å². The highest BCUT2D eigenvalue weighted by Gasteiger charge is 2.18. The second kappa shape index (κ2) is 9.09. The summed E-state index contributed by atoms with van der Waals surface area (Å²) in [5.41, 5.74) is 0.441. The van der Waals surface area contributed by atoms with Crippen molar-refractivity contribution in [3.05, 3.63) is 91.3 Å². The summed E-state index contributed by atoms with van der Waals surface area (Å²) in [7, 11) is 0. The van der Waals surface area contributed by atoms with Crippen LogP contribution in [-0.2, 0) is 0 Å². The Morgan fingerprint density at radius 1 is 0.903 bits per heavy atom. The number of hydrogen-bond acceptors (Lipinski definition) is 3. The topological polar surface area (TPSA) is 58.6 Å². The van der Waals surface area contributed by atoms with E-state index in [0.717, 1.165) is 10.8 Å². The minimum atomic E-state index is -0.521. The standard InChI is InChI=1S/C23H13Br2Cl2NO3/c24-12-9-16(22(29)17(25)10-12)23(30)28-19-11-13(26)5-7-21(19)31-20-8-6-18(27)14-3-1-2-4-15(14)20/h1-11,29H,(H,28,30). The molecular formula is C23H13Br2Cl2NO3. The molecule has 4 nitrogen and oxygen atoms in total. The molecule has 4 aromatic rings. The number of aromatic hydroxyl groups is 1. The molecule has 4 rings (SSSR count). The largest absolute Gasteiger partial charge is 0.506 e. The predicted molar refractivity (Wildman–Crippen MR) is 132 cm³/mol. The third-order valence-corrected chi connectivity index (χ3v) is 6.14. The van der Waals surface area contributed by atoms with Crippen molar-refractivity contribution >= 4 is 77.4 Å². The molecule has 0 spiro atoms. The Bertz CT molecular complexity index is 1330. The average molecular weight is 582 g/mol. The molecule has 4 aromatic carbocycles. The lowest BCUT2D eigenvalue weighted by molar-refractivity contribution is 0.102. The summed E-state index contributed by atoms with van der Waals surface area (Å²) in [5, 5.41) is 15.8. The van der Waals surface area contributed by atoms with Crippen LogP contribution in [0.5, 0.6) is 17.2 Å². The Labute approximate surface area is 205 Å². The molecule has 0 saturated carbocycles. The molecule has 156 valence electrons. The summed E-state index contributed by atoms with van der Waals surface area (Å²) in [6.45, 7) is 0. The van der Waals surface area contributed by atoms with Crippen LogP contribution >= 0.6 is 55.1 Å². The van der Waals surface area contributed by atoms with Crippen molar-refractivity contribution in [3.8, 4) is 17.2 Å². The number of anilines is 1. The molecule has 0 atom stereocenters. The Balaban J connectivity index is 1.71. The highest BCUT2D eigenvalue weighted by molar-refractivity contribution is 9.11. The predicted octanol–water partition coefficient (Wildman–Crippen LogP) is 8.42. The Morgan fingerprint density at radius 3 is 2.39 bits per heavy atom. The number of fused-ring (bicyclic) bond motifs is 1. The summed E-state index contributed by atoms with van der Waals surface area (Å²) < 4.78 is 7.16. The summed E-state index contributed by atoms with van der Waals surface area (Å²) in [4.78, 5) is 12.9. The van der Waals surface area contributed by atoms with Gasteiger partial charge < -0.3 is 15.2 Å². The number of carbonyl (C=O) groups excluding carboxylic acids is 1. The fraction of sp³-hybridized carbons (Fsp3) is 0. The fourth-order valence-corrected chi connectivity index (χ4v) is 4.68. The third kappa shape index (κ3) is 4.67. The maximum atomic E-state index is 12.9. The number of halogens is 4. The average Bonchev–Trinajstić information content (AvgIpc) is 2.74. The highest BCUT2D eigenvalue weighted by atomic mass is 79.9. The van der Waals surface area contributed by atoms with Gasteiger partial charge in [-0.05, 0) is 58.4 Å². The smallest absolute Gasteiger partial charge is 0.259 e. The maximum Gasteiger partial charge on any atom is 0.259 e. The summed E-state index contributed by atoms with van der Waals surface area (Å²) in [5.74, 6) is 0.270. The quantitative estimate of drug-likeness (QED) is 0.254. The van der Waals surface area contributed by atoms with Gasteiger partial charge in [-0.2, -0.15) is 0 Å². The maximum absolute atomic E-state index is 12.9. The highest BCUT2D eigenvalue weighted by Crippen LogP contribution is 2.38. The van der Waals surface area contributed by atoms with Crippen molar-refractivity contribution in [2.75, 3.05) is 5.32 Å². The molecule has 0 aliphatic carbocycles. The number of hydrogen-bond donors (Lipinski definition) is 2. The fourth-order valence-electron chi connectivity index (χ4n) is 3.06. The molecule has 0 fully saturated rings. The molecule has 2 N–H and O–H groups in total. The van der Waals surface area contributed by atoms with Gasteiger partial charge in [-0.1, -0.05) is 63.4 Å². The van der Waals surface area contributed by atoms with Crippen molar-refractivity contribution in [2.24, 2.45) is 0 Å². The van der Waals surface area contributed by atoms with Crippen LogP contribution in [0.3, 0.4) is 0 Å². The first-order valence-electron chi connectivity index (χ1n) is 8.97. The summed E-state index contributed by atoms with van der Waals surface area (Å²) in [6, 6.07) is 19.2. The van der Waals surface area contributed by atoms with Crippen molar-refractivity contribution in [3.63, 3.8) is 0 Å². The van der Waals surface area contributed by atoms with Gasteiger partial charge in [0.05, 0.1) is 15.7 Å². The van der Waals surface area contributed by atoms with Crippen LogP contribution in [0.2, 0.25) is 10.0 Å². The number of carbonyl (C=O) groups is 1. The Hall–Kier alpha value is -2.25. The van der Waals surface area contributed by atoms with Crippen LogP contribution in [-0.4, -0.2) is 11.0 Å². The van der Waals surface area contributed by atoms with Crippen LogP contribution < -0.4 is 10.1 Å². The van der Waals surface area contributed by atoms with Crippen LogP contribution in [0.1, 0.15) is 10.4 Å². The molecule has 0 saturated heterocycles. The first-order chi connectivity index (χ1) is 14.8. The normalized spacial score (nSPS) is 10.8. The zero-order valence-electron chi connectivity index (χ0n) is 15.6. The number of benzene rings is 4. The van der Waals surface area contributed by atoms with Crippen molar-refractivity contribution in [2.45, 2.75) is 0 Å². The molecule has 31 heavy (non-hydrogen) atoms. The van der Waals surface area contributed by atoms with Crippen LogP contribution in [0.15, 0.2) is 75.7 Å². The SMILES string of the molecule is O=C(Nc1cc(Cl)ccc1Oc1ccc(Cl)c2ccccc12)c1cc(Br)cc(Br)c1O. The molecule has 0 aliphatic rings. The van der Waals surface area contributed by atoms with E-state index in [-0.39, 0.29) is 11.3 Å². The van der Waals surface area contributed by atoms with Gasteiger partial charge in [-0.15, -0.1) is 0 Å². The molecular weight excluding hydrogens is 569 g/mol. The third-order valence-electron chi connectivity index (χ3n) is 4.51. The van der Waals surface area contributed by atoms with Gasteiger partial charge in [0.25, 0.3) is 5.91 Å². The van der Waals surface area contributed by atoms with Gasteiger partial charge in [0.1, 0.15) is 11.5 Å². The lowest BCUT2D eigenvalue weighted by Crippen LogP contribution is -2.13. The number of nitrogens with one attached hydrogen (secondary N) is 1. The van der Waals surface area contributed by atoms with E-state index in [1.54, 1.807) is 36.4 Å². The van der Waals surface area contributed by atoms with E-state index in [9.17, 15) is 9.90 Å². The van der Waals surface area contributed by atoms with E-state index in [0.29, 0.717) is 36.2 Å².